The van der Waals surface area contributed by atoms with Crippen LogP contribution in [-0.2, 0) is 30.0 Å². The minimum atomic E-state index is -2.24. The third-order valence-corrected chi connectivity index (χ3v) is 14.0. The lowest BCUT2D eigenvalue weighted by Gasteiger charge is -2.40. The number of carbonyl (C=O) groups excluding carboxylic acids is 1. The number of fused-ring (bicyclic) bond motifs is 1. The number of benzene rings is 1. The molecule has 0 N–H and O–H groups in total. The second kappa shape index (κ2) is 14.4. The molecule has 3 heterocycles. The molecule has 5 atom stereocenters. The average molecular weight is 656 g/mol. The van der Waals surface area contributed by atoms with E-state index in [1.807, 2.05) is 28.8 Å². The highest BCUT2D eigenvalue weighted by Crippen LogP contribution is 2.45. The molecule has 4 rings (SSSR count). The number of hydrogen-bond donors (Lipinski definition) is 0. The van der Waals surface area contributed by atoms with Crippen LogP contribution in [0.4, 0.5) is 5.82 Å². The number of nitrogens with zero attached hydrogens (tertiary/aromatic N) is 6. The molecule has 1 amide bonds. The molecule has 1 saturated heterocycles. The van der Waals surface area contributed by atoms with Crippen LogP contribution >= 0.6 is 7.15 Å². The van der Waals surface area contributed by atoms with Gasteiger partial charge in [-0.1, -0.05) is 52.0 Å². The van der Waals surface area contributed by atoms with E-state index in [1.54, 1.807) is 29.4 Å². The second-order valence-corrected chi connectivity index (χ2v) is 18.7. The van der Waals surface area contributed by atoms with Gasteiger partial charge < -0.3 is 9.16 Å². The topological polar surface area (TPSA) is 125 Å². The van der Waals surface area contributed by atoms with E-state index in [0.717, 1.165) is 0 Å². The van der Waals surface area contributed by atoms with Gasteiger partial charge in [-0.25, -0.2) is 15.0 Å². The number of aromatic nitrogens is 4. The van der Waals surface area contributed by atoms with Gasteiger partial charge in [0.25, 0.3) is 5.91 Å². The lowest BCUT2D eigenvalue weighted by Crippen LogP contribution is -2.46. The number of carbonyl (C=O) groups is 1. The first kappa shape index (κ1) is 33.9. The maximum Gasteiger partial charge on any atom is 0.521 e. The first-order valence-corrected chi connectivity index (χ1v) is 19.6. The average Bonchev–Trinajstić information content (AvgIpc) is 3.55. The molecule has 1 aromatic carbocycles. The van der Waals surface area contributed by atoms with Gasteiger partial charge >= 0.3 is 7.15 Å². The Balaban J connectivity index is 1.69. The number of anilines is 1. The summed E-state index contributed by atoms with van der Waals surface area (Å²) >= 11 is 5.34. The minimum Gasteiger partial charge on any atom is -0.409 e. The highest BCUT2D eigenvalue weighted by molar-refractivity contribution is 8.00. The van der Waals surface area contributed by atoms with E-state index in [1.165, 1.54) is 6.33 Å². The lowest BCUT2D eigenvalue weighted by atomic mass is 10.0. The monoisotopic (exact) mass is 655 g/mol. The van der Waals surface area contributed by atoms with Gasteiger partial charge in [0.1, 0.15) is 19.5 Å². The molecule has 0 aliphatic carbocycles. The Labute approximate surface area is 265 Å². The van der Waals surface area contributed by atoms with Gasteiger partial charge in [-0.15, -0.1) is 15.6 Å². The van der Waals surface area contributed by atoms with E-state index in [2.05, 4.69) is 62.3 Å². The fourth-order valence-corrected chi connectivity index (χ4v) is 7.00. The summed E-state index contributed by atoms with van der Waals surface area (Å²) in [6, 6.07) is 11.1. The number of hydrogen-bond acceptors (Lipinski definition) is 10. The largest absolute Gasteiger partial charge is 0.521 e. The summed E-state index contributed by atoms with van der Waals surface area (Å²) in [5.74, 6) is 0.0865. The molecule has 3 aromatic rings. The molecule has 1 fully saturated rings. The van der Waals surface area contributed by atoms with Crippen molar-refractivity contribution < 1.29 is 23.0 Å². The summed E-state index contributed by atoms with van der Waals surface area (Å²) in [4.78, 5) is 28.8. The van der Waals surface area contributed by atoms with Crippen LogP contribution in [0.25, 0.3) is 11.2 Å². The smallest absolute Gasteiger partial charge is 0.409 e. The predicted octanol–water partition coefficient (Wildman–Crippen LogP) is 6.30. The van der Waals surface area contributed by atoms with Crippen molar-refractivity contribution in [2.75, 3.05) is 24.7 Å². The van der Waals surface area contributed by atoms with Crippen molar-refractivity contribution in [1.82, 2.24) is 19.5 Å². The molecule has 1 aliphatic heterocycles. The Morgan fingerprint density at radius 1 is 1.25 bits per heavy atom. The number of nitriles is 1. The van der Waals surface area contributed by atoms with Crippen molar-refractivity contribution in [1.29, 1.82) is 5.26 Å². The third kappa shape index (κ3) is 7.46. The Morgan fingerprint density at radius 3 is 2.64 bits per heavy atom. The second-order valence-electron chi connectivity index (χ2n) is 12.1. The van der Waals surface area contributed by atoms with Gasteiger partial charge in [-0.05, 0) is 30.3 Å². The van der Waals surface area contributed by atoms with Crippen molar-refractivity contribution in [2.24, 2.45) is 5.92 Å². The van der Waals surface area contributed by atoms with Gasteiger partial charge in [0.15, 0.2) is 31.5 Å². The Kier molecular flexibility index (Phi) is 11.1. The zero-order chi connectivity index (χ0) is 32.1. The van der Waals surface area contributed by atoms with Gasteiger partial charge in [0.05, 0.1) is 31.0 Å². The van der Waals surface area contributed by atoms with Crippen LogP contribution in [0.2, 0.25) is 18.1 Å². The van der Waals surface area contributed by atoms with Gasteiger partial charge in [0.2, 0.25) is 11.8 Å². The van der Waals surface area contributed by atoms with E-state index in [0.29, 0.717) is 22.5 Å². The number of imidazole rings is 1. The maximum atomic E-state index is 13.5. The highest BCUT2D eigenvalue weighted by Gasteiger charge is 2.50. The van der Waals surface area contributed by atoms with Crippen molar-refractivity contribution >= 4 is 50.2 Å². The number of rotatable bonds is 13. The van der Waals surface area contributed by atoms with E-state index in [9.17, 15) is 4.79 Å². The van der Waals surface area contributed by atoms with E-state index in [4.69, 9.17) is 35.3 Å². The number of ether oxygens (including phenoxy) is 1. The molecular formula is C30H40N6O5PSSi+. The summed E-state index contributed by atoms with van der Waals surface area (Å²) in [6.45, 7) is 17.6. The van der Waals surface area contributed by atoms with Gasteiger partial charge in [-0.2, -0.15) is 5.26 Å². The van der Waals surface area contributed by atoms with E-state index in [-0.39, 0.29) is 55.3 Å². The normalized spacial score (nSPS) is 20.8. The van der Waals surface area contributed by atoms with Crippen molar-refractivity contribution in [3.63, 3.8) is 0 Å². The molecule has 0 radical (unpaired) electrons. The maximum absolute atomic E-state index is 13.5. The molecule has 44 heavy (non-hydrogen) atoms. The van der Waals surface area contributed by atoms with Crippen molar-refractivity contribution in [3.05, 3.63) is 61.2 Å². The first-order chi connectivity index (χ1) is 20.9. The SMILES string of the molecule is C=CCN(C(=O)c1ccccc1)c1ncnc2c1ncn2[C@@H]1O[C@H](CO[P+](=S)OCCC#N)[C@@H](C)[C@H]1O[Si](C)(C)C(C)(C)C. The van der Waals surface area contributed by atoms with Crippen molar-refractivity contribution in [3.8, 4) is 6.07 Å². The molecule has 1 unspecified atom stereocenters. The molecule has 234 valence electrons. The van der Waals surface area contributed by atoms with E-state index >= 15 is 0 Å². The molecule has 1 aliphatic rings. The summed E-state index contributed by atoms with van der Waals surface area (Å²) in [5, 5.41) is 8.74. The van der Waals surface area contributed by atoms with Gasteiger partial charge in [-0.3, -0.25) is 14.3 Å². The third-order valence-electron chi connectivity index (χ3n) is 8.14. The zero-order valence-electron chi connectivity index (χ0n) is 26.0. The summed E-state index contributed by atoms with van der Waals surface area (Å²) in [5.41, 5.74) is 1.50. The van der Waals surface area contributed by atoms with Crippen molar-refractivity contribution in [2.45, 2.75) is 70.7 Å². The van der Waals surface area contributed by atoms with Crippen LogP contribution in [0.3, 0.4) is 0 Å². The number of amides is 1. The quantitative estimate of drug-likeness (QED) is 0.0896. The molecule has 0 spiro atoms. The standard InChI is InChI=1S/C30H40N6O5PSSi/c1-8-16-35(28(37)22-13-10-9-11-14-22)26-24-27(33-19-32-26)36(20-34-24)29-25(41-44(6,7)30(3,4)5)21(2)23(40-29)18-39-42(43)38-17-12-15-31/h8-11,13-14,19-21,23,25,29H,1,12,16-18H2,2-7H3/q+1/t21-,23-,25-,29-/m1/s1. The Morgan fingerprint density at radius 2 is 1.98 bits per heavy atom. The van der Waals surface area contributed by atoms with Crippen LogP contribution < -0.4 is 4.90 Å². The molecule has 11 nitrogen and oxygen atoms in total. The zero-order valence-corrected chi connectivity index (χ0v) is 28.8. The molecule has 0 saturated carbocycles. The first-order valence-electron chi connectivity index (χ1n) is 14.5. The van der Waals surface area contributed by atoms with Gasteiger partial charge in [0, 0.05) is 18.0 Å². The lowest BCUT2D eigenvalue weighted by molar-refractivity contribution is -0.0432. The van der Waals surface area contributed by atoms with Crippen LogP contribution in [-0.4, -0.2) is 65.7 Å². The molecule has 2 aromatic heterocycles. The fourth-order valence-electron chi connectivity index (χ4n) is 4.64. The molecular weight excluding hydrogens is 615 g/mol. The summed E-state index contributed by atoms with van der Waals surface area (Å²) in [7, 11) is -3.83. The summed E-state index contributed by atoms with van der Waals surface area (Å²) in [6.07, 6.45) is 3.72. The highest BCUT2D eigenvalue weighted by atomic mass is 32.4. The van der Waals surface area contributed by atoms with E-state index < -0.39 is 21.7 Å². The molecule has 14 heteroatoms. The Hall–Kier alpha value is -2.95. The van der Waals surface area contributed by atoms with Crippen LogP contribution in [0.5, 0.6) is 0 Å². The van der Waals surface area contributed by atoms with Crippen LogP contribution in [0.15, 0.2) is 55.6 Å². The minimum absolute atomic E-state index is 0.0370. The Bertz CT molecular complexity index is 1530. The predicted molar refractivity (Wildman–Crippen MR) is 175 cm³/mol. The van der Waals surface area contributed by atoms with Crippen LogP contribution in [0.1, 0.15) is 50.7 Å². The molecule has 0 bridgehead atoms. The van der Waals surface area contributed by atoms with Crippen LogP contribution in [0, 0.1) is 17.2 Å². The fraction of sp³-hybridized carbons (Fsp3) is 0.500. The summed E-state index contributed by atoms with van der Waals surface area (Å²) < 4.78 is 26.8.